The van der Waals surface area contributed by atoms with Gasteiger partial charge in [0.1, 0.15) is 6.54 Å². The van der Waals surface area contributed by atoms with Crippen LogP contribution in [0.3, 0.4) is 0 Å². The van der Waals surface area contributed by atoms with Gasteiger partial charge in [-0.05, 0) is 7.05 Å². The molecule has 9 heavy (non-hydrogen) atoms. The molecule has 0 amide bonds. The summed E-state index contributed by atoms with van der Waals surface area (Å²) in [4.78, 5) is 10.0. The van der Waals surface area contributed by atoms with Gasteiger partial charge in [0.25, 0.3) is 0 Å². The van der Waals surface area contributed by atoms with Crippen LogP contribution in [0.1, 0.15) is 6.92 Å². The van der Waals surface area contributed by atoms with Crippen LogP contribution in [0, 0.1) is 0 Å². The number of hydrogen-bond acceptors (Lipinski definition) is 3. The van der Waals surface area contributed by atoms with Crippen LogP contribution in [0.15, 0.2) is 0 Å². The maximum Gasteiger partial charge on any atom is 0.319 e. The molecule has 54 valence electrons. The van der Waals surface area contributed by atoms with E-state index in [0.29, 0.717) is 6.54 Å². The lowest BCUT2D eigenvalue weighted by atomic mass is 10.6. The Morgan fingerprint density at radius 2 is 2.33 bits per heavy atom. The highest BCUT2D eigenvalue weighted by Crippen LogP contribution is 1.77. The van der Waals surface area contributed by atoms with Gasteiger partial charge in [0.15, 0.2) is 0 Å². The molecule has 0 bridgehead atoms. The molecule has 0 aliphatic carbocycles. The minimum atomic E-state index is -0.814. The van der Waals surface area contributed by atoms with E-state index in [1.54, 1.807) is 12.1 Å². The summed E-state index contributed by atoms with van der Waals surface area (Å²) in [5, 5.41) is 9.86. The SMILES string of the molecule is CCN(CC(=O)O)NC. The maximum atomic E-state index is 10.0. The van der Waals surface area contributed by atoms with Gasteiger partial charge in [0, 0.05) is 6.54 Å². The summed E-state index contributed by atoms with van der Waals surface area (Å²) in [5.74, 6) is -0.814. The van der Waals surface area contributed by atoms with E-state index in [-0.39, 0.29) is 6.54 Å². The smallest absolute Gasteiger partial charge is 0.319 e. The summed E-state index contributed by atoms with van der Waals surface area (Å²) in [7, 11) is 1.70. The van der Waals surface area contributed by atoms with E-state index in [0.717, 1.165) is 0 Å². The maximum absolute atomic E-state index is 10.0. The number of carbonyl (C=O) groups is 1. The first kappa shape index (κ1) is 8.39. The van der Waals surface area contributed by atoms with Crippen molar-refractivity contribution in [3.63, 3.8) is 0 Å². The molecule has 0 aliphatic heterocycles. The fourth-order valence-electron chi connectivity index (χ4n) is 0.512. The minimum absolute atomic E-state index is 0.0486. The first-order valence-electron chi connectivity index (χ1n) is 2.84. The minimum Gasteiger partial charge on any atom is -0.480 e. The lowest BCUT2D eigenvalue weighted by Gasteiger charge is -2.14. The van der Waals surface area contributed by atoms with Crippen LogP contribution in [0.4, 0.5) is 0 Å². The molecule has 0 atom stereocenters. The second kappa shape index (κ2) is 4.29. The van der Waals surface area contributed by atoms with Crippen molar-refractivity contribution in [1.82, 2.24) is 10.4 Å². The molecule has 0 spiro atoms. The summed E-state index contributed by atoms with van der Waals surface area (Å²) in [6.45, 7) is 2.63. The molecule has 0 aromatic carbocycles. The quantitative estimate of drug-likeness (QED) is 0.508. The van der Waals surface area contributed by atoms with Gasteiger partial charge in [-0.1, -0.05) is 6.92 Å². The molecule has 0 rings (SSSR count). The zero-order valence-electron chi connectivity index (χ0n) is 5.72. The van der Waals surface area contributed by atoms with Crippen molar-refractivity contribution in [3.8, 4) is 0 Å². The van der Waals surface area contributed by atoms with E-state index in [9.17, 15) is 4.79 Å². The molecule has 0 radical (unpaired) electrons. The standard InChI is InChI=1S/C5H12N2O2/c1-3-7(6-2)4-5(8)9/h6H,3-4H2,1-2H3,(H,8,9). The third-order valence-electron chi connectivity index (χ3n) is 1.02. The largest absolute Gasteiger partial charge is 0.480 e. The van der Waals surface area contributed by atoms with Crippen LogP contribution in [0.25, 0.3) is 0 Å². The van der Waals surface area contributed by atoms with E-state index in [2.05, 4.69) is 5.43 Å². The van der Waals surface area contributed by atoms with Crippen molar-refractivity contribution in [3.05, 3.63) is 0 Å². The predicted molar refractivity (Wildman–Crippen MR) is 33.9 cm³/mol. The van der Waals surface area contributed by atoms with Crippen LogP contribution in [0.5, 0.6) is 0 Å². The molecule has 4 nitrogen and oxygen atoms in total. The normalized spacial score (nSPS) is 10.1. The lowest BCUT2D eigenvalue weighted by molar-refractivity contribution is -0.138. The Hall–Kier alpha value is -0.610. The number of hydrogen-bond donors (Lipinski definition) is 2. The van der Waals surface area contributed by atoms with Gasteiger partial charge in [-0.3, -0.25) is 10.2 Å². The van der Waals surface area contributed by atoms with Crippen LogP contribution in [-0.4, -0.2) is 36.2 Å². The number of likely N-dealkylation sites (N-methyl/N-ethyl adjacent to an activating group) is 1. The van der Waals surface area contributed by atoms with E-state index < -0.39 is 5.97 Å². The Morgan fingerprint density at radius 3 is 2.44 bits per heavy atom. The highest BCUT2D eigenvalue weighted by molar-refractivity contribution is 5.68. The third-order valence-corrected chi connectivity index (χ3v) is 1.02. The molecule has 0 fully saturated rings. The number of hydrazine groups is 1. The molecule has 0 aromatic rings. The second-order valence-corrected chi connectivity index (χ2v) is 1.63. The number of nitrogens with one attached hydrogen (secondary N) is 1. The van der Waals surface area contributed by atoms with Gasteiger partial charge in [-0.15, -0.1) is 0 Å². The lowest BCUT2D eigenvalue weighted by Crippen LogP contribution is -2.38. The number of aliphatic carboxylic acids is 1. The zero-order valence-corrected chi connectivity index (χ0v) is 5.72. The highest BCUT2D eigenvalue weighted by atomic mass is 16.4. The first-order valence-corrected chi connectivity index (χ1v) is 2.84. The third kappa shape index (κ3) is 3.93. The van der Waals surface area contributed by atoms with Gasteiger partial charge in [-0.25, -0.2) is 5.01 Å². The van der Waals surface area contributed by atoms with Crippen LogP contribution >= 0.6 is 0 Å². The Morgan fingerprint density at radius 1 is 1.78 bits per heavy atom. The van der Waals surface area contributed by atoms with Crippen molar-refractivity contribution >= 4 is 5.97 Å². The van der Waals surface area contributed by atoms with Gasteiger partial charge in [-0.2, -0.15) is 0 Å². The summed E-state index contributed by atoms with van der Waals surface area (Å²) in [6, 6.07) is 0. The van der Waals surface area contributed by atoms with E-state index in [1.807, 2.05) is 6.92 Å². The summed E-state index contributed by atoms with van der Waals surface area (Å²) < 4.78 is 0. The van der Waals surface area contributed by atoms with Crippen molar-refractivity contribution in [2.45, 2.75) is 6.92 Å². The Bertz CT molecular complexity index is 91.0. The van der Waals surface area contributed by atoms with Crippen molar-refractivity contribution < 1.29 is 9.90 Å². The average molecular weight is 132 g/mol. The Labute approximate surface area is 54.4 Å². The molecule has 0 heterocycles. The van der Waals surface area contributed by atoms with Crippen LogP contribution in [-0.2, 0) is 4.79 Å². The fraction of sp³-hybridized carbons (Fsp3) is 0.800. The molecule has 0 unspecified atom stereocenters. The van der Waals surface area contributed by atoms with Gasteiger partial charge >= 0.3 is 5.97 Å². The van der Waals surface area contributed by atoms with Gasteiger partial charge in [0.2, 0.25) is 0 Å². The molecule has 0 aliphatic rings. The highest BCUT2D eigenvalue weighted by Gasteiger charge is 2.02. The van der Waals surface area contributed by atoms with E-state index in [1.165, 1.54) is 0 Å². The average Bonchev–Trinajstić information content (AvgIpc) is 1.82. The fourth-order valence-corrected chi connectivity index (χ4v) is 0.512. The van der Waals surface area contributed by atoms with Crippen molar-refractivity contribution in [2.24, 2.45) is 0 Å². The van der Waals surface area contributed by atoms with Crippen molar-refractivity contribution in [2.75, 3.05) is 20.1 Å². The molecule has 4 heteroatoms. The number of carboxylic acids is 1. The second-order valence-electron chi connectivity index (χ2n) is 1.63. The van der Waals surface area contributed by atoms with Crippen LogP contribution in [0.2, 0.25) is 0 Å². The molecule has 2 N–H and O–H groups in total. The zero-order chi connectivity index (χ0) is 7.28. The van der Waals surface area contributed by atoms with Crippen LogP contribution < -0.4 is 5.43 Å². The molecular formula is C5H12N2O2. The molecule has 0 saturated carbocycles. The van der Waals surface area contributed by atoms with Crippen molar-refractivity contribution in [1.29, 1.82) is 0 Å². The summed E-state index contributed by atoms with van der Waals surface area (Å²) >= 11 is 0. The summed E-state index contributed by atoms with van der Waals surface area (Å²) in [6.07, 6.45) is 0. The predicted octanol–water partition coefficient (Wildman–Crippen LogP) is -0.473. The number of nitrogens with zero attached hydrogens (tertiary/aromatic N) is 1. The first-order chi connectivity index (χ1) is 4.20. The Kier molecular flexibility index (Phi) is 4.00. The topological polar surface area (TPSA) is 52.6 Å². The van der Waals surface area contributed by atoms with E-state index in [4.69, 9.17) is 5.11 Å². The number of rotatable bonds is 4. The number of carboxylic acid groups (broad SMARTS) is 1. The summed E-state index contributed by atoms with van der Waals surface area (Å²) in [5.41, 5.74) is 2.74. The molecular weight excluding hydrogens is 120 g/mol. The van der Waals surface area contributed by atoms with Gasteiger partial charge < -0.3 is 5.11 Å². The van der Waals surface area contributed by atoms with Gasteiger partial charge in [0.05, 0.1) is 0 Å². The Balaban J connectivity index is 3.43. The molecule has 0 aromatic heterocycles. The monoisotopic (exact) mass is 132 g/mol. The molecule has 0 saturated heterocycles. The van der Waals surface area contributed by atoms with E-state index >= 15 is 0 Å².